The van der Waals surface area contributed by atoms with Crippen LogP contribution >= 0.6 is 0 Å². The molecule has 7 nitrogen and oxygen atoms in total. The Balaban J connectivity index is 2.12. The summed E-state index contributed by atoms with van der Waals surface area (Å²) in [4.78, 5) is 20.9. The summed E-state index contributed by atoms with van der Waals surface area (Å²) in [5.41, 5.74) is 0.793. The molecule has 2 aromatic heterocycles. The molecule has 0 spiro atoms. The van der Waals surface area contributed by atoms with E-state index in [2.05, 4.69) is 20.3 Å². The predicted molar refractivity (Wildman–Crippen MR) is 56.8 cm³/mol. The van der Waals surface area contributed by atoms with Crippen molar-refractivity contribution in [2.75, 3.05) is 5.32 Å². The maximum absolute atomic E-state index is 10.7. The molecule has 0 aliphatic rings. The van der Waals surface area contributed by atoms with Gasteiger partial charge in [-0.1, -0.05) is 0 Å². The minimum Gasteiger partial charge on any atom is -0.359 e. The number of hydrogen-bond acceptors (Lipinski definition) is 5. The van der Waals surface area contributed by atoms with Crippen molar-refractivity contribution in [3.63, 3.8) is 0 Å². The minimum atomic E-state index is -0.470. The Morgan fingerprint density at radius 1 is 1.56 bits per heavy atom. The molecule has 82 valence electrons. The molecule has 0 unspecified atom stereocenters. The van der Waals surface area contributed by atoms with Gasteiger partial charge in [-0.3, -0.25) is 10.1 Å². The fraction of sp³-hybridized carbons (Fsp3) is 0.111. The van der Waals surface area contributed by atoms with Crippen LogP contribution in [0.1, 0.15) is 5.69 Å². The Morgan fingerprint density at radius 2 is 2.44 bits per heavy atom. The first-order valence-corrected chi connectivity index (χ1v) is 4.58. The lowest BCUT2D eigenvalue weighted by Gasteiger charge is -2.03. The Labute approximate surface area is 90.7 Å². The summed E-state index contributed by atoms with van der Waals surface area (Å²) < 4.78 is 0. The van der Waals surface area contributed by atoms with Crippen LogP contribution in [0.5, 0.6) is 0 Å². The van der Waals surface area contributed by atoms with E-state index >= 15 is 0 Å². The fourth-order valence-corrected chi connectivity index (χ4v) is 1.24. The van der Waals surface area contributed by atoms with Crippen LogP contribution in [0.15, 0.2) is 30.9 Å². The zero-order chi connectivity index (χ0) is 11.4. The third-order valence-corrected chi connectivity index (χ3v) is 1.98. The normalized spacial score (nSPS) is 10.0. The van der Waals surface area contributed by atoms with Gasteiger partial charge in [0.1, 0.15) is 0 Å². The van der Waals surface area contributed by atoms with Crippen molar-refractivity contribution in [3.05, 3.63) is 46.7 Å². The molecule has 0 atom stereocenters. The van der Waals surface area contributed by atoms with Crippen LogP contribution in [0.25, 0.3) is 0 Å². The zero-order valence-corrected chi connectivity index (χ0v) is 8.25. The number of H-pyrrole nitrogens is 1. The first kappa shape index (κ1) is 10.1. The molecule has 16 heavy (non-hydrogen) atoms. The van der Waals surface area contributed by atoms with Crippen molar-refractivity contribution in [2.45, 2.75) is 6.54 Å². The largest absolute Gasteiger partial charge is 0.359 e. The van der Waals surface area contributed by atoms with Crippen LogP contribution in [-0.4, -0.2) is 19.9 Å². The van der Waals surface area contributed by atoms with E-state index in [9.17, 15) is 10.1 Å². The first-order valence-electron chi connectivity index (χ1n) is 4.58. The van der Waals surface area contributed by atoms with Crippen LogP contribution in [0.2, 0.25) is 0 Å². The van der Waals surface area contributed by atoms with E-state index in [1.807, 2.05) is 0 Å². The van der Waals surface area contributed by atoms with E-state index in [-0.39, 0.29) is 11.5 Å². The van der Waals surface area contributed by atoms with Crippen LogP contribution < -0.4 is 5.32 Å². The standard InChI is InChI=1S/C9H9N5O2/c15-14(16)8-2-1-3-11-9(8)12-5-7-4-10-6-13-7/h1-4,6H,5H2,(H,10,13)(H,11,12). The Kier molecular flexibility index (Phi) is 2.77. The number of aromatic nitrogens is 3. The van der Waals surface area contributed by atoms with Crippen molar-refractivity contribution < 1.29 is 4.92 Å². The molecule has 0 aromatic carbocycles. The number of pyridine rings is 1. The highest BCUT2D eigenvalue weighted by Gasteiger charge is 2.13. The van der Waals surface area contributed by atoms with Crippen molar-refractivity contribution in [2.24, 2.45) is 0 Å². The number of anilines is 1. The van der Waals surface area contributed by atoms with Gasteiger partial charge >= 0.3 is 5.69 Å². The molecule has 0 saturated heterocycles. The van der Waals surface area contributed by atoms with Crippen molar-refractivity contribution >= 4 is 11.5 Å². The highest BCUT2D eigenvalue weighted by atomic mass is 16.6. The van der Waals surface area contributed by atoms with E-state index in [4.69, 9.17) is 0 Å². The van der Waals surface area contributed by atoms with Gasteiger partial charge in [0.2, 0.25) is 5.82 Å². The molecular weight excluding hydrogens is 210 g/mol. The third kappa shape index (κ3) is 2.14. The van der Waals surface area contributed by atoms with Gasteiger partial charge in [0.25, 0.3) is 0 Å². The summed E-state index contributed by atoms with van der Waals surface area (Å²) in [7, 11) is 0. The second-order valence-corrected chi connectivity index (χ2v) is 3.06. The number of nitrogens with one attached hydrogen (secondary N) is 2. The lowest BCUT2D eigenvalue weighted by molar-refractivity contribution is -0.384. The van der Waals surface area contributed by atoms with Crippen molar-refractivity contribution in [1.29, 1.82) is 0 Å². The van der Waals surface area contributed by atoms with Crippen LogP contribution in [0.3, 0.4) is 0 Å². The van der Waals surface area contributed by atoms with E-state index in [0.29, 0.717) is 6.54 Å². The van der Waals surface area contributed by atoms with Gasteiger partial charge in [0.15, 0.2) is 0 Å². The van der Waals surface area contributed by atoms with E-state index in [0.717, 1.165) is 5.69 Å². The highest BCUT2D eigenvalue weighted by molar-refractivity contribution is 5.55. The average molecular weight is 219 g/mol. The summed E-state index contributed by atoms with van der Waals surface area (Å²) in [6, 6.07) is 2.93. The fourth-order valence-electron chi connectivity index (χ4n) is 1.24. The second-order valence-electron chi connectivity index (χ2n) is 3.06. The molecule has 2 rings (SSSR count). The first-order chi connectivity index (χ1) is 7.77. The molecule has 0 radical (unpaired) electrons. The van der Waals surface area contributed by atoms with E-state index in [1.54, 1.807) is 12.5 Å². The van der Waals surface area contributed by atoms with Crippen molar-refractivity contribution in [3.8, 4) is 0 Å². The van der Waals surface area contributed by atoms with Crippen LogP contribution in [-0.2, 0) is 6.54 Å². The Bertz CT molecular complexity index is 482. The average Bonchev–Trinajstić information content (AvgIpc) is 2.79. The van der Waals surface area contributed by atoms with Gasteiger partial charge in [-0.05, 0) is 6.07 Å². The van der Waals surface area contributed by atoms with Crippen LogP contribution in [0, 0.1) is 10.1 Å². The molecule has 0 aliphatic carbocycles. The molecule has 0 bridgehead atoms. The Morgan fingerprint density at radius 3 is 3.12 bits per heavy atom. The summed E-state index contributed by atoms with van der Waals surface area (Å²) in [5, 5.41) is 13.6. The predicted octanol–water partition coefficient (Wildman–Crippen LogP) is 1.32. The number of nitro groups is 1. The molecule has 2 N–H and O–H groups in total. The van der Waals surface area contributed by atoms with Gasteiger partial charge in [-0.2, -0.15) is 0 Å². The molecule has 2 aromatic rings. The smallest absolute Gasteiger partial charge is 0.311 e. The van der Waals surface area contributed by atoms with Gasteiger partial charge in [-0.15, -0.1) is 0 Å². The number of nitrogens with zero attached hydrogens (tertiary/aromatic N) is 3. The quantitative estimate of drug-likeness (QED) is 0.597. The Hall–Kier alpha value is -2.44. The van der Waals surface area contributed by atoms with Crippen LogP contribution in [0.4, 0.5) is 11.5 Å². The monoisotopic (exact) mass is 219 g/mol. The van der Waals surface area contributed by atoms with E-state index < -0.39 is 4.92 Å². The molecule has 2 heterocycles. The summed E-state index contributed by atoms with van der Waals surface area (Å²) in [5.74, 6) is 0.252. The lowest BCUT2D eigenvalue weighted by atomic mass is 10.4. The second kappa shape index (κ2) is 4.39. The van der Waals surface area contributed by atoms with E-state index in [1.165, 1.54) is 18.3 Å². The van der Waals surface area contributed by atoms with Gasteiger partial charge < -0.3 is 10.3 Å². The topological polar surface area (TPSA) is 96.7 Å². The van der Waals surface area contributed by atoms with Crippen molar-refractivity contribution in [1.82, 2.24) is 15.0 Å². The molecule has 0 saturated carbocycles. The summed E-state index contributed by atoms with van der Waals surface area (Å²) in [6.07, 6.45) is 4.69. The lowest BCUT2D eigenvalue weighted by Crippen LogP contribution is -2.04. The highest BCUT2D eigenvalue weighted by Crippen LogP contribution is 2.20. The number of hydrogen-bond donors (Lipinski definition) is 2. The third-order valence-electron chi connectivity index (χ3n) is 1.98. The van der Waals surface area contributed by atoms with Gasteiger partial charge in [0, 0.05) is 18.5 Å². The zero-order valence-electron chi connectivity index (χ0n) is 8.25. The molecule has 0 amide bonds. The number of imidazole rings is 1. The maximum Gasteiger partial charge on any atom is 0.311 e. The summed E-state index contributed by atoms with van der Waals surface area (Å²) >= 11 is 0. The molecule has 7 heteroatoms. The maximum atomic E-state index is 10.7. The molecular formula is C9H9N5O2. The number of aromatic amines is 1. The van der Waals surface area contributed by atoms with Gasteiger partial charge in [0.05, 0.1) is 23.5 Å². The van der Waals surface area contributed by atoms with Gasteiger partial charge in [-0.25, -0.2) is 9.97 Å². The number of rotatable bonds is 4. The minimum absolute atomic E-state index is 0.0398. The summed E-state index contributed by atoms with van der Waals surface area (Å²) in [6.45, 7) is 0.415. The SMILES string of the molecule is O=[N+]([O-])c1cccnc1NCc1cnc[nH]1. The molecule has 0 aliphatic heterocycles. The molecule has 0 fully saturated rings.